The van der Waals surface area contributed by atoms with Crippen molar-refractivity contribution in [3.05, 3.63) is 42.4 Å². The van der Waals surface area contributed by atoms with Crippen LogP contribution in [-0.4, -0.2) is 69.4 Å². The molecule has 7 nitrogen and oxygen atoms in total. The van der Waals surface area contributed by atoms with Crippen molar-refractivity contribution in [3.8, 4) is 0 Å². The highest BCUT2D eigenvalue weighted by atomic mass is 16.5. The predicted octanol–water partition coefficient (Wildman–Crippen LogP) is 1.10. The van der Waals surface area contributed by atoms with E-state index in [1.807, 2.05) is 31.6 Å². The number of rotatable bonds is 8. The number of imidazole rings is 1. The van der Waals surface area contributed by atoms with Crippen molar-refractivity contribution >= 4 is 0 Å². The second-order valence-electron chi connectivity index (χ2n) is 6.78. The van der Waals surface area contributed by atoms with Crippen molar-refractivity contribution in [1.29, 1.82) is 0 Å². The number of aliphatic hydroxyl groups excluding tert-OH is 1. The van der Waals surface area contributed by atoms with Gasteiger partial charge in [0.2, 0.25) is 0 Å². The first-order chi connectivity index (χ1) is 12.1. The number of furan rings is 1. The van der Waals surface area contributed by atoms with E-state index in [1.54, 1.807) is 6.26 Å². The lowest BCUT2D eigenvalue weighted by molar-refractivity contribution is -0.0108. The zero-order chi connectivity index (χ0) is 17.6. The number of aliphatic hydroxyl groups is 1. The van der Waals surface area contributed by atoms with Crippen LogP contribution in [0.3, 0.4) is 0 Å². The lowest BCUT2D eigenvalue weighted by Crippen LogP contribution is -2.53. The topological polar surface area (TPSA) is 66.9 Å². The molecular weight excluding hydrogens is 320 g/mol. The molecule has 2 atom stereocenters. The third-order valence-electron chi connectivity index (χ3n) is 4.72. The largest absolute Gasteiger partial charge is 0.467 e. The van der Waals surface area contributed by atoms with Crippen molar-refractivity contribution in [2.24, 2.45) is 7.05 Å². The summed E-state index contributed by atoms with van der Waals surface area (Å²) in [6, 6.07) is 4.14. The number of aromatic nitrogens is 2. The van der Waals surface area contributed by atoms with E-state index in [9.17, 15) is 5.11 Å². The standard InChI is InChI=1S/C18H28N4O3/c1-15-10-21(7-8-22(15)12-18-19-5-6-20(18)2)11-16(23)13-24-14-17-4-3-9-25-17/h3-6,9,15-16,23H,7-8,10-14H2,1-2H3/t15-,16-/m0/s1. The van der Waals surface area contributed by atoms with Gasteiger partial charge in [-0.05, 0) is 19.1 Å². The van der Waals surface area contributed by atoms with Gasteiger partial charge in [0.1, 0.15) is 18.2 Å². The van der Waals surface area contributed by atoms with E-state index >= 15 is 0 Å². The summed E-state index contributed by atoms with van der Waals surface area (Å²) >= 11 is 0. The Balaban J connectivity index is 1.37. The number of piperazine rings is 1. The molecule has 3 rings (SSSR count). The molecule has 0 amide bonds. The molecular formula is C18H28N4O3. The molecule has 3 heterocycles. The van der Waals surface area contributed by atoms with E-state index in [0.29, 0.717) is 25.8 Å². The second-order valence-corrected chi connectivity index (χ2v) is 6.78. The van der Waals surface area contributed by atoms with E-state index in [1.165, 1.54) is 0 Å². The first-order valence-corrected chi connectivity index (χ1v) is 8.82. The van der Waals surface area contributed by atoms with Crippen molar-refractivity contribution in [3.63, 3.8) is 0 Å². The predicted molar refractivity (Wildman–Crippen MR) is 93.9 cm³/mol. The van der Waals surface area contributed by atoms with Crippen LogP contribution in [0.15, 0.2) is 35.2 Å². The fraction of sp³-hybridized carbons (Fsp3) is 0.611. The van der Waals surface area contributed by atoms with E-state index in [4.69, 9.17) is 9.15 Å². The highest BCUT2D eigenvalue weighted by Crippen LogP contribution is 2.13. The molecule has 1 fully saturated rings. The summed E-state index contributed by atoms with van der Waals surface area (Å²) in [7, 11) is 2.03. The molecule has 2 aromatic heterocycles. The maximum absolute atomic E-state index is 10.2. The van der Waals surface area contributed by atoms with Gasteiger partial charge in [0.05, 0.1) is 25.5 Å². The highest BCUT2D eigenvalue weighted by Gasteiger charge is 2.25. The first kappa shape index (κ1) is 18.1. The van der Waals surface area contributed by atoms with E-state index < -0.39 is 6.10 Å². The van der Waals surface area contributed by atoms with Crippen LogP contribution in [-0.2, 0) is 24.9 Å². The molecule has 138 valence electrons. The molecule has 0 radical (unpaired) electrons. The Hall–Kier alpha value is -1.67. The van der Waals surface area contributed by atoms with Crippen molar-refractivity contribution in [2.45, 2.75) is 32.2 Å². The molecule has 0 saturated carbocycles. The lowest BCUT2D eigenvalue weighted by Gasteiger charge is -2.40. The van der Waals surface area contributed by atoms with Gasteiger partial charge in [-0.2, -0.15) is 0 Å². The Bertz CT molecular complexity index is 628. The van der Waals surface area contributed by atoms with Gasteiger partial charge in [0.25, 0.3) is 0 Å². The van der Waals surface area contributed by atoms with Crippen molar-refractivity contribution < 1.29 is 14.3 Å². The lowest BCUT2D eigenvalue weighted by atomic mass is 10.1. The smallest absolute Gasteiger partial charge is 0.129 e. The molecule has 0 aliphatic carbocycles. The summed E-state index contributed by atoms with van der Waals surface area (Å²) < 4.78 is 12.8. The SMILES string of the molecule is C[C@H]1CN(C[C@H](O)COCc2ccco2)CCN1Cc1nccn1C. The van der Waals surface area contributed by atoms with Crippen LogP contribution < -0.4 is 0 Å². The average molecular weight is 348 g/mol. The van der Waals surface area contributed by atoms with Crippen LogP contribution in [0.1, 0.15) is 18.5 Å². The number of ether oxygens (including phenoxy) is 1. The number of nitrogens with zero attached hydrogens (tertiary/aromatic N) is 4. The van der Waals surface area contributed by atoms with Gasteiger partial charge in [-0.1, -0.05) is 0 Å². The monoisotopic (exact) mass is 348 g/mol. The Morgan fingerprint density at radius 1 is 1.44 bits per heavy atom. The molecule has 1 N–H and O–H groups in total. The number of aryl methyl sites for hydroxylation is 1. The maximum Gasteiger partial charge on any atom is 0.129 e. The number of hydrogen-bond acceptors (Lipinski definition) is 6. The first-order valence-electron chi connectivity index (χ1n) is 8.82. The number of β-amino-alcohol motifs (C(OH)–C–C–N with tert-alkyl or cyclic N) is 1. The van der Waals surface area contributed by atoms with Crippen molar-refractivity contribution in [2.75, 3.05) is 32.8 Å². The Morgan fingerprint density at radius 2 is 2.32 bits per heavy atom. The molecule has 0 aromatic carbocycles. The highest BCUT2D eigenvalue weighted by molar-refractivity contribution is 4.96. The number of hydrogen-bond donors (Lipinski definition) is 1. The fourth-order valence-electron chi connectivity index (χ4n) is 3.24. The van der Waals surface area contributed by atoms with Crippen LogP contribution in [0.2, 0.25) is 0 Å². The summed E-state index contributed by atoms with van der Waals surface area (Å²) in [5.41, 5.74) is 0. The molecule has 1 saturated heterocycles. The summed E-state index contributed by atoms with van der Waals surface area (Å²) in [4.78, 5) is 9.16. The zero-order valence-corrected chi connectivity index (χ0v) is 15.0. The van der Waals surface area contributed by atoms with Gasteiger partial charge in [-0.25, -0.2) is 4.98 Å². The molecule has 2 aromatic rings. The summed E-state index contributed by atoms with van der Waals surface area (Å²) in [6.07, 6.45) is 4.97. The molecule has 1 aliphatic heterocycles. The van der Waals surface area contributed by atoms with Gasteiger partial charge >= 0.3 is 0 Å². The Morgan fingerprint density at radius 3 is 3.00 bits per heavy atom. The summed E-state index contributed by atoms with van der Waals surface area (Å²) in [6.45, 7) is 7.33. The van der Waals surface area contributed by atoms with Crippen LogP contribution in [0, 0.1) is 0 Å². The van der Waals surface area contributed by atoms with Gasteiger partial charge in [0.15, 0.2) is 0 Å². The molecule has 25 heavy (non-hydrogen) atoms. The van der Waals surface area contributed by atoms with Gasteiger partial charge < -0.3 is 18.8 Å². The molecule has 7 heteroatoms. The van der Waals surface area contributed by atoms with E-state index in [2.05, 4.69) is 26.3 Å². The quantitative estimate of drug-likeness (QED) is 0.771. The average Bonchev–Trinajstić information content (AvgIpc) is 3.22. The normalized spacial score (nSPS) is 20.8. The fourth-order valence-corrected chi connectivity index (χ4v) is 3.24. The Kier molecular flexibility index (Phi) is 6.25. The molecule has 0 bridgehead atoms. The third-order valence-corrected chi connectivity index (χ3v) is 4.72. The van der Waals surface area contributed by atoms with Gasteiger partial charge in [-0.15, -0.1) is 0 Å². The summed E-state index contributed by atoms with van der Waals surface area (Å²) in [5.74, 6) is 1.87. The minimum atomic E-state index is -0.483. The zero-order valence-electron chi connectivity index (χ0n) is 15.0. The Labute approximate surface area is 148 Å². The van der Waals surface area contributed by atoms with E-state index in [0.717, 1.165) is 37.8 Å². The maximum atomic E-state index is 10.2. The van der Waals surface area contributed by atoms with Gasteiger partial charge in [0, 0.05) is 51.7 Å². The molecule has 0 unspecified atom stereocenters. The second kappa shape index (κ2) is 8.62. The molecule has 1 aliphatic rings. The minimum Gasteiger partial charge on any atom is -0.467 e. The third kappa shape index (κ3) is 5.15. The van der Waals surface area contributed by atoms with Crippen molar-refractivity contribution in [1.82, 2.24) is 19.4 Å². The van der Waals surface area contributed by atoms with Crippen LogP contribution >= 0.6 is 0 Å². The van der Waals surface area contributed by atoms with Crippen LogP contribution in [0.4, 0.5) is 0 Å². The molecule has 0 spiro atoms. The summed E-state index contributed by atoms with van der Waals surface area (Å²) in [5, 5.41) is 10.2. The van der Waals surface area contributed by atoms with Gasteiger partial charge in [-0.3, -0.25) is 9.80 Å². The van der Waals surface area contributed by atoms with Crippen LogP contribution in [0.25, 0.3) is 0 Å². The van der Waals surface area contributed by atoms with E-state index in [-0.39, 0.29) is 0 Å². The minimum absolute atomic E-state index is 0.322. The van der Waals surface area contributed by atoms with Crippen LogP contribution in [0.5, 0.6) is 0 Å².